The molecule has 0 N–H and O–H groups in total. The van der Waals surface area contributed by atoms with E-state index < -0.39 is 22.8 Å². The number of aryl methyl sites for hydroxylation is 2. The van der Waals surface area contributed by atoms with Crippen molar-refractivity contribution in [3.63, 3.8) is 0 Å². The highest BCUT2D eigenvalue weighted by molar-refractivity contribution is 7.19. The van der Waals surface area contributed by atoms with Gasteiger partial charge in [0.05, 0.1) is 22.2 Å². The topological polar surface area (TPSA) is 93.2 Å². The van der Waals surface area contributed by atoms with E-state index in [0.29, 0.717) is 55.6 Å². The number of alkyl halides is 2. The van der Waals surface area contributed by atoms with E-state index in [1.54, 1.807) is 22.7 Å². The summed E-state index contributed by atoms with van der Waals surface area (Å²) in [5, 5.41) is 1.71. The van der Waals surface area contributed by atoms with Gasteiger partial charge in [-0.15, -0.1) is 45.9 Å². The van der Waals surface area contributed by atoms with E-state index in [4.69, 9.17) is 32.7 Å². The standard InChI is InChI=1S/C35H32Cl2N2O6S2/c1-16-5-22-26(44-18(3)40)7-24-28(30(22)46-16)20(9-36)11-38(24)32(42)34-13-35(14-34,15-34)33(43)39-12-21(10-37)29-25(39)8-27(45-19(4)41)23-6-17(2)47-31(23)29/h5-8,20-21H,9-15H2,1-4H3/t20-,21-,34?,35?/m0/s1. The van der Waals surface area contributed by atoms with Crippen LogP contribution in [0.25, 0.3) is 20.2 Å². The SMILES string of the molecule is CC(=O)Oc1cc2c(c3sc(C)cc13)[C@@H](CCl)CN2C(=O)C12CC(C(=O)N3C[C@H](CCl)c4c3cc(OC(C)=O)c3cc(C)sc43)(C1)C2. The Labute approximate surface area is 289 Å². The molecule has 2 aromatic heterocycles. The molecule has 4 heterocycles. The first kappa shape index (κ1) is 31.1. The number of anilines is 2. The molecule has 3 aliphatic carbocycles. The molecule has 8 nitrogen and oxygen atoms in total. The maximum atomic E-state index is 14.4. The lowest BCUT2D eigenvalue weighted by Gasteiger charge is -2.69. The summed E-state index contributed by atoms with van der Waals surface area (Å²) in [6.07, 6.45) is 1.42. The Balaban J connectivity index is 1.09. The van der Waals surface area contributed by atoms with Crippen LogP contribution in [-0.2, 0) is 19.2 Å². The number of rotatable bonds is 6. The van der Waals surface area contributed by atoms with Crippen LogP contribution in [0.3, 0.4) is 0 Å². The van der Waals surface area contributed by atoms with Crippen LogP contribution in [0.15, 0.2) is 24.3 Å². The molecule has 47 heavy (non-hydrogen) atoms. The second-order valence-electron chi connectivity index (χ2n) is 13.6. The van der Waals surface area contributed by atoms with Gasteiger partial charge in [-0.05, 0) is 45.2 Å². The summed E-state index contributed by atoms with van der Waals surface area (Å²) in [5.41, 5.74) is 2.28. The molecule has 244 valence electrons. The quantitative estimate of drug-likeness (QED) is 0.115. The zero-order chi connectivity index (χ0) is 33.2. The van der Waals surface area contributed by atoms with Crippen LogP contribution in [-0.4, -0.2) is 48.6 Å². The first-order chi connectivity index (χ1) is 22.4. The number of carbonyl (C=O) groups excluding carboxylic acids is 4. The summed E-state index contributed by atoms with van der Waals surface area (Å²) in [5.74, 6) is 0.638. The second-order valence-corrected chi connectivity index (χ2v) is 16.8. The monoisotopic (exact) mass is 710 g/mol. The second kappa shape index (κ2) is 10.7. The first-order valence-electron chi connectivity index (χ1n) is 15.7. The van der Waals surface area contributed by atoms with Crippen molar-refractivity contribution < 1.29 is 28.7 Å². The predicted octanol–water partition coefficient (Wildman–Crippen LogP) is 7.79. The Morgan fingerprint density at radius 2 is 1.11 bits per heavy atom. The lowest BCUT2D eigenvalue weighted by atomic mass is 9.34. The van der Waals surface area contributed by atoms with Gasteiger partial charge in [0, 0.05) is 104 Å². The number of hydrogen-bond donors (Lipinski definition) is 0. The third-order valence-electron chi connectivity index (χ3n) is 10.3. The van der Waals surface area contributed by atoms with Crippen molar-refractivity contribution in [3.8, 4) is 11.5 Å². The number of carbonyl (C=O) groups is 4. The predicted molar refractivity (Wildman–Crippen MR) is 186 cm³/mol. The molecule has 2 bridgehead atoms. The Kier molecular flexibility index (Phi) is 7.06. The zero-order valence-corrected chi connectivity index (χ0v) is 29.5. The van der Waals surface area contributed by atoms with Crippen molar-refractivity contribution in [2.75, 3.05) is 34.6 Å². The Morgan fingerprint density at radius 3 is 1.45 bits per heavy atom. The van der Waals surface area contributed by atoms with E-state index in [1.165, 1.54) is 13.8 Å². The average molecular weight is 712 g/mol. The fourth-order valence-electron chi connectivity index (χ4n) is 8.57. The van der Waals surface area contributed by atoms with Gasteiger partial charge < -0.3 is 19.3 Å². The van der Waals surface area contributed by atoms with E-state index in [9.17, 15) is 19.2 Å². The number of nitrogens with zero attached hydrogens (tertiary/aromatic N) is 2. The van der Waals surface area contributed by atoms with Gasteiger partial charge in [-0.1, -0.05) is 0 Å². The number of fused-ring (bicyclic) bond motifs is 6. The fourth-order valence-corrected chi connectivity index (χ4v) is 11.4. The van der Waals surface area contributed by atoms with Crippen LogP contribution in [0, 0.1) is 24.7 Å². The van der Waals surface area contributed by atoms with Gasteiger partial charge >= 0.3 is 11.9 Å². The smallest absolute Gasteiger partial charge is 0.308 e. The minimum atomic E-state index is -0.623. The van der Waals surface area contributed by atoms with Gasteiger partial charge in [-0.2, -0.15) is 0 Å². The van der Waals surface area contributed by atoms with Crippen molar-refractivity contribution >= 4 is 101 Å². The molecule has 0 spiro atoms. The van der Waals surface area contributed by atoms with Crippen molar-refractivity contribution in [1.82, 2.24) is 0 Å². The fraction of sp³-hybridized carbons (Fsp3) is 0.429. The number of halogens is 2. The average Bonchev–Trinajstić information content (AvgIpc) is 3.72. The molecule has 2 aromatic carbocycles. The van der Waals surface area contributed by atoms with E-state index in [1.807, 2.05) is 47.9 Å². The van der Waals surface area contributed by atoms with Crippen molar-refractivity contribution in [2.24, 2.45) is 10.8 Å². The molecule has 2 amide bonds. The molecule has 9 rings (SSSR count). The van der Waals surface area contributed by atoms with Crippen LogP contribution in [0.2, 0.25) is 0 Å². The van der Waals surface area contributed by atoms with Gasteiger partial charge in [-0.25, -0.2) is 0 Å². The molecule has 4 aromatic rings. The maximum Gasteiger partial charge on any atom is 0.308 e. The number of hydrogen-bond acceptors (Lipinski definition) is 8. The number of amides is 2. The van der Waals surface area contributed by atoms with Crippen LogP contribution < -0.4 is 19.3 Å². The van der Waals surface area contributed by atoms with E-state index in [0.717, 1.165) is 52.4 Å². The number of thiophene rings is 2. The van der Waals surface area contributed by atoms with Gasteiger partial charge in [-0.3, -0.25) is 19.2 Å². The van der Waals surface area contributed by atoms with Crippen LogP contribution >= 0.6 is 45.9 Å². The molecule has 5 aliphatic rings. The number of esters is 2. The largest absolute Gasteiger partial charge is 0.426 e. The van der Waals surface area contributed by atoms with Crippen molar-refractivity contribution in [2.45, 2.75) is 58.8 Å². The molecule has 3 fully saturated rings. The highest BCUT2D eigenvalue weighted by Crippen LogP contribution is 2.75. The lowest BCUT2D eigenvalue weighted by molar-refractivity contribution is -0.205. The van der Waals surface area contributed by atoms with Crippen molar-refractivity contribution in [1.29, 1.82) is 0 Å². The molecular formula is C35H32Cl2N2O6S2. The Morgan fingerprint density at radius 1 is 0.723 bits per heavy atom. The van der Waals surface area contributed by atoms with Gasteiger partial charge in [0.25, 0.3) is 0 Å². The molecular weight excluding hydrogens is 679 g/mol. The summed E-state index contributed by atoms with van der Waals surface area (Å²) in [6, 6.07) is 7.64. The zero-order valence-electron chi connectivity index (χ0n) is 26.3. The molecule has 0 radical (unpaired) electrons. The highest BCUT2D eigenvalue weighted by atomic mass is 35.5. The molecule has 12 heteroatoms. The van der Waals surface area contributed by atoms with E-state index >= 15 is 0 Å². The van der Waals surface area contributed by atoms with Crippen LogP contribution in [0.5, 0.6) is 11.5 Å². The van der Waals surface area contributed by atoms with E-state index in [-0.39, 0.29) is 23.7 Å². The Hall–Kier alpha value is -3.18. The van der Waals surface area contributed by atoms with Gasteiger partial charge in [0.15, 0.2) is 0 Å². The molecule has 2 aliphatic heterocycles. The molecule has 0 unspecified atom stereocenters. The third-order valence-corrected chi connectivity index (χ3v) is 13.2. The first-order valence-corrected chi connectivity index (χ1v) is 18.4. The summed E-state index contributed by atoms with van der Waals surface area (Å²) < 4.78 is 13.2. The number of ether oxygens (including phenoxy) is 2. The van der Waals surface area contributed by atoms with E-state index in [2.05, 4.69) is 0 Å². The summed E-state index contributed by atoms with van der Waals surface area (Å²) in [6.45, 7) is 7.66. The highest BCUT2D eigenvalue weighted by Gasteiger charge is 2.76. The van der Waals surface area contributed by atoms with Crippen molar-refractivity contribution in [3.05, 3.63) is 45.1 Å². The minimum absolute atomic E-state index is 0.00387. The minimum Gasteiger partial charge on any atom is -0.426 e. The van der Waals surface area contributed by atoms with Gasteiger partial charge in [0.1, 0.15) is 11.5 Å². The summed E-state index contributed by atoms with van der Waals surface area (Å²) >= 11 is 16.2. The number of benzene rings is 2. The van der Waals surface area contributed by atoms with Crippen LogP contribution in [0.1, 0.15) is 65.8 Å². The summed E-state index contributed by atoms with van der Waals surface area (Å²) in [4.78, 5) is 58.5. The van der Waals surface area contributed by atoms with Crippen LogP contribution in [0.4, 0.5) is 11.4 Å². The third kappa shape index (κ3) is 4.44. The summed E-state index contributed by atoms with van der Waals surface area (Å²) in [7, 11) is 0. The lowest BCUT2D eigenvalue weighted by Crippen LogP contribution is -2.73. The maximum absolute atomic E-state index is 14.4. The normalized spacial score (nSPS) is 25.4. The van der Waals surface area contributed by atoms with Gasteiger partial charge in [0.2, 0.25) is 11.8 Å². The molecule has 2 atom stereocenters. The molecule has 0 saturated heterocycles. The molecule has 3 saturated carbocycles. The Bertz CT molecular complexity index is 1920.